The van der Waals surface area contributed by atoms with Crippen LogP contribution in [0.5, 0.6) is 0 Å². The molecule has 2 aromatic rings. The van der Waals surface area contributed by atoms with Crippen LogP contribution in [0.1, 0.15) is 21.6 Å². The molecule has 0 spiro atoms. The number of aliphatic carboxylic acids is 1. The molecule has 0 unspecified atom stereocenters. The number of nitrogens with two attached hydrogens (primary N) is 1. The van der Waals surface area contributed by atoms with Gasteiger partial charge in [-0.25, -0.2) is 9.67 Å². The third-order valence-corrected chi connectivity index (χ3v) is 2.73. The average Bonchev–Trinajstić information content (AvgIpc) is 2.82. The summed E-state index contributed by atoms with van der Waals surface area (Å²) in [5.74, 6) is -1.22. The predicted molar refractivity (Wildman–Crippen MR) is 72.5 cm³/mol. The highest BCUT2D eigenvalue weighted by atomic mass is 16.4. The Labute approximate surface area is 119 Å². The van der Waals surface area contributed by atoms with Gasteiger partial charge >= 0.3 is 5.97 Å². The molecule has 21 heavy (non-hydrogen) atoms. The summed E-state index contributed by atoms with van der Waals surface area (Å²) in [6, 6.07) is 1.69. The minimum atomic E-state index is -1.00. The van der Waals surface area contributed by atoms with E-state index in [0.29, 0.717) is 17.1 Å². The molecule has 0 aliphatic rings. The van der Waals surface area contributed by atoms with Crippen LogP contribution in [-0.4, -0.2) is 37.0 Å². The summed E-state index contributed by atoms with van der Waals surface area (Å²) < 4.78 is 1.21. The Balaban J connectivity index is 2.10. The lowest BCUT2D eigenvalue weighted by molar-refractivity contribution is -0.137. The van der Waals surface area contributed by atoms with Gasteiger partial charge in [-0.2, -0.15) is 0 Å². The van der Waals surface area contributed by atoms with Gasteiger partial charge in [-0.1, -0.05) is 5.21 Å². The topological polar surface area (TPSA) is 136 Å². The number of carbonyl (C=O) groups is 2. The van der Waals surface area contributed by atoms with E-state index in [-0.39, 0.29) is 13.1 Å². The van der Waals surface area contributed by atoms with Crippen molar-refractivity contribution in [2.24, 2.45) is 5.73 Å². The molecule has 0 bridgehead atoms. The van der Waals surface area contributed by atoms with E-state index in [1.165, 1.54) is 10.9 Å². The van der Waals surface area contributed by atoms with E-state index in [2.05, 4.69) is 20.6 Å². The van der Waals surface area contributed by atoms with Gasteiger partial charge in [0.2, 0.25) is 0 Å². The number of rotatable bonds is 6. The van der Waals surface area contributed by atoms with Gasteiger partial charge in [-0.15, -0.1) is 5.10 Å². The van der Waals surface area contributed by atoms with Crippen molar-refractivity contribution >= 4 is 17.7 Å². The SMILES string of the molecule is Cc1ccnc(NCc2cn(CC(=O)O)nn2)c1C(N)=O. The summed E-state index contributed by atoms with van der Waals surface area (Å²) in [7, 11) is 0. The van der Waals surface area contributed by atoms with Crippen LogP contribution >= 0.6 is 0 Å². The number of carboxylic acid groups (broad SMARTS) is 1. The molecular formula is C12H14N6O3. The molecule has 0 aromatic carbocycles. The maximum atomic E-state index is 11.4. The van der Waals surface area contributed by atoms with E-state index >= 15 is 0 Å². The molecule has 0 saturated heterocycles. The van der Waals surface area contributed by atoms with Crippen molar-refractivity contribution in [1.82, 2.24) is 20.0 Å². The van der Waals surface area contributed by atoms with E-state index in [1.54, 1.807) is 19.2 Å². The van der Waals surface area contributed by atoms with Crippen molar-refractivity contribution in [2.45, 2.75) is 20.0 Å². The third kappa shape index (κ3) is 3.53. The number of primary amides is 1. The molecule has 2 aromatic heterocycles. The second-order valence-electron chi connectivity index (χ2n) is 4.37. The van der Waals surface area contributed by atoms with Crippen LogP contribution < -0.4 is 11.1 Å². The first-order valence-corrected chi connectivity index (χ1v) is 6.07. The minimum Gasteiger partial charge on any atom is -0.480 e. The van der Waals surface area contributed by atoms with Gasteiger partial charge in [0.1, 0.15) is 18.1 Å². The first kappa shape index (κ1) is 14.4. The van der Waals surface area contributed by atoms with Gasteiger partial charge in [0, 0.05) is 6.20 Å². The number of aryl methyl sites for hydroxylation is 1. The number of anilines is 1. The monoisotopic (exact) mass is 290 g/mol. The minimum absolute atomic E-state index is 0.246. The summed E-state index contributed by atoms with van der Waals surface area (Å²) in [6.45, 7) is 1.74. The second-order valence-corrected chi connectivity index (χ2v) is 4.37. The Kier molecular flexibility index (Phi) is 4.12. The van der Waals surface area contributed by atoms with Crippen LogP contribution in [0.25, 0.3) is 0 Å². The van der Waals surface area contributed by atoms with Crippen molar-refractivity contribution < 1.29 is 14.7 Å². The summed E-state index contributed by atoms with van der Waals surface area (Å²) in [5, 5.41) is 19.1. The van der Waals surface area contributed by atoms with Crippen LogP contribution in [-0.2, 0) is 17.9 Å². The van der Waals surface area contributed by atoms with Crippen molar-refractivity contribution in [3.05, 3.63) is 35.3 Å². The summed E-state index contributed by atoms with van der Waals surface area (Å²) in [4.78, 5) is 26.0. The summed E-state index contributed by atoms with van der Waals surface area (Å²) in [6.07, 6.45) is 3.06. The molecule has 0 atom stereocenters. The fourth-order valence-electron chi connectivity index (χ4n) is 1.81. The first-order chi connectivity index (χ1) is 9.97. The van der Waals surface area contributed by atoms with E-state index in [1.807, 2.05) is 0 Å². The zero-order valence-electron chi connectivity index (χ0n) is 11.3. The van der Waals surface area contributed by atoms with Crippen molar-refractivity contribution in [1.29, 1.82) is 0 Å². The normalized spacial score (nSPS) is 10.3. The highest BCUT2D eigenvalue weighted by Crippen LogP contribution is 2.16. The van der Waals surface area contributed by atoms with Crippen molar-refractivity contribution in [3.8, 4) is 0 Å². The number of hydrogen-bond donors (Lipinski definition) is 3. The Morgan fingerprint density at radius 3 is 2.90 bits per heavy atom. The molecule has 9 nitrogen and oxygen atoms in total. The lowest BCUT2D eigenvalue weighted by Crippen LogP contribution is -2.17. The number of carboxylic acids is 1. The van der Waals surface area contributed by atoms with Crippen molar-refractivity contribution in [3.63, 3.8) is 0 Å². The Bertz CT molecular complexity index is 681. The molecule has 0 saturated carbocycles. The average molecular weight is 290 g/mol. The fourth-order valence-corrected chi connectivity index (χ4v) is 1.81. The largest absolute Gasteiger partial charge is 0.480 e. The van der Waals surface area contributed by atoms with Crippen LogP contribution in [0.3, 0.4) is 0 Å². The van der Waals surface area contributed by atoms with E-state index in [0.717, 1.165) is 5.56 Å². The molecule has 0 aliphatic carbocycles. The second kappa shape index (κ2) is 5.99. The van der Waals surface area contributed by atoms with Gasteiger partial charge in [0.05, 0.1) is 18.3 Å². The fraction of sp³-hybridized carbons (Fsp3) is 0.250. The predicted octanol–water partition coefficient (Wildman–Crippen LogP) is -0.223. The highest BCUT2D eigenvalue weighted by Gasteiger charge is 2.13. The first-order valence-electron chi connectivity index (χ1n) is 6.07. The van der Waals surface area contributed by atoms with E-state index in [9.17, 15) is 9.59 Å². The maximum absolute atomic E-state index is 11.4. The Morgan fingerprint density at radius 1 is 1.48 bits per heavy atom. The van der Waals surface area contributed by atoms with E-state index < -0.39 is 11.9 Å². The van der Waals surface area contributed by atoms with E-state index in [4.69, 9.17) is 10.8 Å². The number of carbonyl (C=O) groups excluding carboxylic acids is 1. The standard InChI is InChI=1S/C12H14N6O3/c1-7-2-3-14-12(10(7)11(13)21)15-4-8-5-18(17-16-8)6-9(19)20/h2-3,5H,4,6H2,1H3,(H2,13,21)(H,14,15)(H,19,20). The smallest absolute Gasteiger partial charge is 0.325 e. The van der Waals surface area contributed by atoms with Gasteiger partial charge < -0.3 is 16.2 Å². The van der Waals surface area contributed by atoms with Gasteiger partial charge in [0.15, 0.2) is 0 Å². The molecule has 0 fully saturated rings. The van der Waals surface area contributed by atoms with Gasteiger partial charge in [-0.05, 0) is 18.6 Å². The highest BCUT2D eigenvalue weighted by molar-refractivity contribution is 5.98. The number of amides is 1. The summed E-state index contributed by atoms with van der Waals surface area (Å²) >= 11 is 0. The Hall–Kier alpha value is -2.97. The lowest BCUT2D eigenvalue weighted by Gasteiger charge is -2.09. The van der Waals surface area contributed by atoms with Gasteiger partial charge in [0.25, 0.3) is 5.91 Å². The van der Waals surface area contributed by atoms with Gasteiger partial charge in [-0.3, -0.25) is 9.59 Å². The van der Waals surface area contributed by atoms with Crippen molar-refractivity contribution in [2.75, 3.05) is 5.32 Å². The molecule has 0 radical (unpaired) electrons. The number of hydrogen-bond acceptors (Lipinski definition) is 6. The number of nitrogens with zero attached hydrogens (tertiary/aromatic N) is 4. The number of nitrogens with one attached hydrogen (secondary N) is 1. The van der Waals surface area contributed by atoms with Crippen LogP contribution in [0, 0.1) is 6.92 Å². The molecule has 1 amide bonds. The molecule has 2 heterocycles. The zero-order chi connectivity index (χ0) is 15.4. The quantitative estimate of drug-likeness (QED) is 0.668. The molecule has 110 valence electrons. The third-order valence-electron chi connectivity index (χ3n) is 2.73. The number of aromatic nitrogens is 4. The Morgan fingerprint density at radius 2 is 2.24 bits per heavy atom. The molecule has 9 heteroatoms. The molecule has 4 N–H and O–H groups in total. The summed E-state index contributed by atoms with van der Waals surface area (Å²) in [5.41, 5.74) is 6.88. The molecular weight excluding hydrogens is 276 g/mol. The van der Waals surface area contributed by atoms with Crippen LogP contribution in [0.4, 0.5) is 5.82 Å². The zero-order valence-corrected chi connectivity index (χ0v) is 11.3. The number of pyridine rings is 1. The molecule has 0 aliphatic heterocycles. The maximum Gasteiger partial charge on any atom is 0.325 e. The van der Waals surface area contributed by atoms with Crippen LogP contribution in [0.2, 0.25) is 0 Å². The van der Waals surface area contributed by atoms with Crippen LogP contribution in [0.15, 0.2) is 18.5 Å². The lowest BCUT2D eigenvalue weighted by atomic mass is 10.1. The molecule has 2 rings (SSSR count).